The summed E-state index contributed by atoms with van der Waals surface area (Å²) >= 11 is 0. The van der Waals surface area contributed by atoms with E-state index in [1.807, 2.05) is 0 Å². The van der Waals surface area contributed by atoms with Crippen molar-refractivity contribution < 1.29 is 13.2 Å². The lowest BCUT2D eigenvalue weighted by molar-refractivity contribution is 0.409. The van der Waals surface area contributed by atoms with Crippen LogP contribution in [0.4, 0.5) is 5.69 Å². The average molecular weight is 310 g/mol. The van der Waals surface area contributed by atoms with E-state index < -0.39 is 10.0 Å². The molecule has 21 heavy (non-hydrogen) atoms. The number of rotatable bonds is 5. The summed E-state index contributed by atoms with van der Waals surface area (Å²) in [5.74, 6) is 0.564. The van der Waals surface area contributed by atoms with Crippen LogP contribution in [0.5, 0.6) is 5.75 Å². The van der Waals surface area contributed by atoms with Gasteiger partial charge in [-0.3, -0.25) is 9.40 Å². The summed E-state index contributed by atoms with van der Waals surface area (Å²) < 4.78 is 34.0. The Morgan fingerprint density at radius 3 is 2.67 bits per heavy atom. The summed E-state index contributed by atoms with van der Waals surface area (Å²) in [6.45, 7) is 1.93. The van der Waals surface area contributed by atoms with Gasteiger partial charge in [0.1, 0.15) is 5.75 Å². The molecule has 0 atom stereocenters. The summed E-state index contributed by atoms with van der Waals surface area (Å²) in [6.07, 6.45) is 1.61. The fourth-order valence-corrected chi connectivity index (χ4v) is 3.14. The van der Waals surface area contributed by atoms with Gasteiger partial charge in [0, 0.05) is 25.4 Å². The van der Waals surface area contributed by atoms with E-state index in [1.54, 1.807) is 30.9 Å². The Labute approximate surface area is 123 Å². The molecule has 0 aliphatic rings. The first-order chi connectivity index (χ1) is 9.87. The van der Waals surface area contributed by atoms with Crippen LogP contribution in [-0.2, 0) is 23.6 Å². The number of aromatic nitrogens is 2. The SMILES string of the molecule is COc1ccc(S(=O)(=O)Nc2cn(C)nc2C)cc1CN. The van der Waals surface area contributed by atoms with Gasteiger partial charge < -0.3 is 10.5 Å². The van der Waals surface area contributed by atoms with Crippen LogP contribution in [0.25, 0.3) is 0 Å². The third-order valence-electron chi connectivity index (χ3n) is 3.04. The van der Waals surface area contributed by atoms with E-state index in [2.05, 4.69) is 9.82 Å². The lowest BCUT2D eigenvalue weighted by Gasteiger charge is -2.11. The van der Waals surface area contributed by atoms with Gasteiger partial charge in [-0.15, -0.1) is 0 Å². The number of sulfonamides is 1. The highest BCUT2D eigenvalue weighted by Crippen LogP contribution is 2.24. The molecule has 1 heterocycles. The van der Waals surface area contributed by atoms with E-state index in [-0.39, 0.29) is 11.4 Å². The predicted octanol–water partition coefficient (Wildman–Crippen LogP) is 0.997. The van der Waals surface area contributed by atoms with Crippen LogP contribution in [0.1, 0.15) is 11.3 Å². The second-order valence-corrected chi connectivity index (χ2v) is 6.27. The number of hydrogen-bond acceptors (Lipinski definition) is 5. The Balaban J connectivity index is 2.38. The van der Waals surface area contributed by atoms with Crippen molar-refractivity contribution in [2.75, 3.05) is 11.8 Å². The minimum atomic E-state index is -3.69. The van der Waals surface area contributed by atoms with Crippen LogP contribution in [0.3, 0.4) is 0 Å². The first-order valence-corrected chi connectivity index (χ1v) is 7.75. The molecule has 2 rings (SSSR count). The molecule has 0 fully saturated rings. The van der Waals surface area contributed by atoms with Gasteiger partial charge in [0.15, 0.2) is 0 Å². The zero-order valence-electron chi connectivity index (χ0n) is 12.1. The van der Waals surface area contributed by atoms with Crippen LogP contribution in [0.15, 0.2) is 29.3 Å². The van der Waals surface area contributed by atoms with E-state index >= 15 is 0 Å². The Bertz CT molecular complexity index is 753. The van der Waals surface area contributed by atoms with Crippen molar-refractivity contribution in [3.63, 3.8) is 0 Å². The van der Waals surface area contributed by atoms with Gasteiger partial charge in [-0.1, -0.05) is 0 Å². The lowest BCUT2D eigenvalue weighted by atomic mass is 10.2. The van der Waals surface area contributed by atoms with Crippen LogP contribution in [0, 0.1) is 6.92 Å². The molecule has 0 amide bonds. The first kappa shape index (κ1) is 15.3. The van der Waals surface area contributed by atoms with Crippen molar-refractivity contribution in [3.8, 4) is 5.75 Å². The number of benzene rings is 1. The largest absolute Gasteiger partial charge is 0.496 e. The molecule has 3 N–H and O–H groups in total. The van der Waals surface area contributed by atoms with E-state index in [0.717, 1.165) is 0 Å². The molecule has 1 aromatic carbocycles. The van der Waals surface area contributed by atoms with E-state index in [9.17, 15) is 8.42 Å². The summed E-state index contributed by atoms with van der Waals surface area (Å²) in [5, 5.41) is 4.10. The van der Waals surface area contributed by atoms with Crippen molar-refractivity contribution in [3.05, 3.63) is 35.7 Å². The van der Waals surface area contributed by atoms with Crippen molar-refractivity contribution in [1.82, 2.24) is 9.78 Å². The maximum atomic E-state index is 12.4. The number of aryl methyl sites for hydroxylation is 2. The fraction of sp³-hybridized carbons (Fsp3) is 0.308. The number of nitrogens with one attached hydrogen (secondary N) is 1. The molecule has 0 spiro atoms. The third-order valence-corrected chi connectivity index (χ3v) is 4.40. The standard InChI is InChI=1S/C13H18N4O3S/c1-9-12(8-17(2)15-9)16-21(18,19)11-4-5-13(20-3)10(6-11)7-14/h4-6,8,16H,7,14H2,1-3H3. The van der Waals surface area contributed by atoms with Gasteiger partial charge in [0.05, 0.1) is 23.4 Å². The van der Waals surface area contributed by atoms with Crippen molar-refractivity contribution >= 4 is 15.7 Å². The highest BCUT2D eigenvalue weighted by Gasteiger charge is 2.18. The molecule has 0 aliphatic heterocycles. The third kappa shape index (κ3) is 3.17. The first-order valence-electron chi connectivity index (χ1n) is 6.27. The summed E-state index contributed by atoms with van der Waals surface area (Å²) in [5.41, 5.74) is 7.29. The topological polar surface area (TPSA) is 99.2 Å². The maximum absolute atomic E-state index is 12.4. The smallest absolute Gasteiger partial charge is 0.262 e. The number of methoxy groups -OCH3 is 1. The van der Waals surface area contributed by atoms with Crippen LogP contribution < -0.4 is 15.2 Å². The summed E-state index contributed by atoms with van der Waals surface area (Å²) in [7, 11) is -0.454. The molecule has 114 valence electrons. The van der Waals surface area contributed by atoms with Gasteiger partial charge in [0.2, 0.25) is 0 Å². The highest BCUT2D eigenvalue weighted by molar-refractivity contribution is 7.92. The number of anilines is 1. The molecule has 2 aromatic rings. The number of hydrogen-bond donors (Lipinski definition) is 2. The fourth-order valence-electron chi connectivity index (χ4n) is 1.99. The molecule has 0 bridgehead atoms. The zero-order chi connectivity index (χ0) is 15.6. The van der Waals surface area contributed by atoms with Gasteiger partial charge in [0.25, 0.3) is 10.0 Å². The summed E-state index contributed by atoms with van der Waals surface area (Å²) in [6, 6.07) is 4.58. The highest BCUT2D eigenvalue weighted by atomic mass is 32.2. The van der Waals surface area contributed by atoms with Crippen molar-refractivity contribution in [2.45, 2.75) is 18.4 Å². The van der Waals surface area contributed by atoms with E-state index in [4.69, 9.17) is 10.5 Å². The summed E-state index contributed by atoms with van der Waals surface area (Å²) in [4.78, 5) is 0.131. The van der Waals surface area contributed by atoms with Crippen molar-refractivity contribution in [2.24, 2.45) is 12.8 Å². The quantitative estimate of drug-likeness (QED) is 0.858. The normalized spacial score (nSPS) is 11.4. The Morgan fingerprint density at radius 2 is 2.14 bits per heavy atom. The van der Waals surface area contributed by atoms with Crippen LogP contribution in [0.2, 0.25) is 0 Å². The van der Waals surface area contributed by atoms with Gasteiger partial charge in [-0.2, -0.15) is 5.10 Å². The van der Waals surface area contributed by atoms with E-state index in [1.165, 1.54) is 19.2 Å². The molecule has 0 saturated heterocycles. The molecule has 0 saturated carbocycles. The molecule has 0 aliphatic carbocycles. The second-order valence-electron chi connectivity index (χ2n) is 4.59. The molecular formula is C13H18N4O3S. The Morgan fingerprint density at radius 1 is 1.43 bits per heavy atom. The molecule has 1 aromatic heterocycles. The average Bonchev–Trinajstić information content (AvgIpc) is 2.75. The van der Waals surface area contributed by atoms with Crippen LogP contribution in [-0.4, -0.2) is 25.3 Å². The Hall–Kier alpha value is -2.06. The number of ether oxygens (including phenoxy) is 1. The van der Waals surface area contributed by atoms with Crippen LogP contribution >= 0.6 is 0 Å². The molecule has 0 unspecified atom stereocenters. The molecule has 0 radical (unpaired) electrons. The zero-order valence-corrected chi connectivity index (χ0v) is 12.9. The van der Waals surface area contributed by atoms with Gasteiger partial charge in [-0.05, 0) is 25.1 Å². The van der Waals surface area contributed by atoms with Crippen molar-refractivity contribution in [1.29, 1.82) is 0 Å². The molecular weight excluding hydrogens is 292 g/mol. The minimum Gasteiger partial charge on any atom is -0.496 e. The Kier molecular flexibility index (Phi) is 4.19. The lowest BCUT2D eigenvalue weighted by Crippen LogP contribution is -2.14. The van der Waals surface area contributed by atoms with Gasteiger partial charge >= 0.3 is 0 Å². The second kappa shape index (κ2) is 5.74. The van der Waals surface area contributed by atoms with Gasteiger partial charge in [-0.25, -0.2) is 8.42 Å². The maximum Gasteiger partial charge on any atom is 0.262 e. The molecule has 8 heteroatoms. The number of nitrogens with zero attached hydrogens (tertiary/aromatic N) is 2. The minimum absolute atomic E-state index is 0.131. The predicted molar refractivity (Wildman–Crippen MR) is 79.6 cm³/mol. The molecule has 7 nitrogen and oxygen atoms in total. The monoisotopic (exact) mass is 310 g/mol. The number of nitrogens with two attached hydrogens (primary N) is 1. The van der Waals surface area contributed by atoms with E-state index in [0.29, 0.717) is 22.7 Å².